The molecule has 0 N–H and O–H groups in total. The van der Waals surface area contributed by atoms with Gasteiger partial charge in [0.25, 0.3) is 0 Å². The van der Waals surface area contributed by atoms with Gasteiger partial charge in [0.2, 0.25) is 0 Å². The van der Waals surface area contributed by atoms with Crippen molar-refractivity contribution in [3.05, 3.63) is 127 Å². The Morgan fingerprint density at radius 3 is 1.04 bits per heavy atom. The van der Waals surface area contributed by atoms with Crippen molar-refractivity contribution in [3.63, 3.8) is 0 Å². The van der Waals surface area contributed by atoms with Gasteiger partial charge in [-0.05, 0) is 0 Å². The molecule has 0 atom stereocenters. The number of rotatable bonds is 5. The zero-order chi connectivity index (χ0) is 19.5. The molecule has 0 aromatic heterocycles. The van der Waals surface area contributed by atoms with Crippen LogP contribution in [0.3, 0.4) is 0 Å². The van der Waals surface area contributed by atoms with Gasteiger partial charge in [-0.15, -0.1) is 0 Å². The van der Waals surface area contributed by atoms with Crippen LogP contribution in [0.2, 0.25) is 0 Å². The van der Waals surface area contributed by atoms with E-state index in [9.17, 15) is 0 Å². The summed E-state index contributed by atoms with van der Waals surface area (Å²) in [5, 5.41) is 3.55. The first-order chi connectivity index (χ1) is 13.7. The zero-order valence-electron chi connectivity index (χ0n) is 15.3. The summed E-state index contributed by atoms with van der Waals surface area (Å²) in [5.74, 6) is 0. The summed E-state index contributed by atoms with van der Waals surface area (Å²) >= 11 is 14.8. The molecule has 0 saturated heterocycles. The van der Waals surface area contributed by atoms with Gasteiger partial charge in [-0.1, -0.05) is 0 Å². The van der Waals surface area contributed by atoms with Crippen LogP contribution in [-0.4, -0.2) is 0 Å². The molecule has 140 valence electrons. The van der Waals surface area contributed by atoms with Crippen LogP contribution in [0.1, 0.15) is 5.56 Å². The topological polar surface area (TPSA) is 0 Å². The predicted octanol–water partition coefficient (Wildman–Crippen LogP) is 6.00. The normalized spacial score (nSPS) is 12.5. The van der Waals surface area contributed by atoms with Crippen molar-refractivity contribution in [2.45, 2.75) is 4.07 Å². The van der Waals surface area contributed by atoms with E-state index in [1.165, 1.54) is 15.9 Å². The summed E-state index contributed by atoms with van der Waals surface area (Å²) in [6, 6.07) is 41.5. The minimum atomic E-state index is -2.86. The molecule has 4 rings (SSSR count). The van der Waals surface area contributed by atoms with Crippen molar-refractivity contribution in [1.82, 2.24) is 0 Å². The van der Waals surface area contributed by atoms with Crippen molar-refractivity contribution in [2.75, 3.05) is 0 Å². The molecule has 0 bridgehead atoms. The molecular formula is C25H21Cl2P. The summed E-state index contributed by atoms with van der Waals surface area (Å²) in [4.78, 5) is 0. The van der Waals surface area contributed by atoms with Crippen molar-refractivity contribution in [1.29, 1.82) is 0 Å². The van der Waals surface area contributed by atoms with Gasteiger partial charge in [0.15, 0.2) is 0 Å². The molecule has 0 nitrogen and oxygen atoms in total. The van der Waals surface area contributed by atoms with Crippen LogP contribution in [0, 0.1) is 0 Å². The van der Waals surface area contributed by atoms with Gasteiger partial charge in [-0.3, -0.25) is 0 Å². The monoisotopic (exact) mass is 422 g/mol. The molecule has 3 heteroatoms. The van der Waals surface area contributed by atoms with E-state index < -0.39 is 11.3 Å². The van der Waals surface area contributed by atoms with Gasteiger partial charge in [-0.25, -0.2) is 0 Å². The van der Waals surface area contributed by atoms with Gasteiger partial charge in [-0.2, -0.15) is 0 Å². The molecule has 0 aliphatic heterocycles. The van der Waals surface area contributed by atoms with Gasteiger partial charge in [0.1, 0.15) is 0 Å². The van der Waals surface area contributed by atoms with Gasteiger partial charge < -0.3 is 0 Å². The second-order valence-electron chi connectivity index (χ2n) is 6.79. The fourth-order valence-electron chi connectivity index (χ4n) is 3.97. The number of halogens is 2. The molecule has 0 fully saturated rings. The maximum atomic E-state index is 7.42. The van der Waals surface area contributed by atoms with E-state index in [0.717, 1.165) is 5.56 Å². The standard InChI is InChI=1S/C25H21Cl2P/c26-25(27,21-13-5-1-6-14-21)28(22-15-7-2-8-16-22,23-17-9-3-10-18-23)24-19-11-4-12-20-24/h1-20,28H. The molecular weight excluding hydrogens is 402 g/mol. The van der Waals surface area contributed by atoms with Gasteiger partial charge in [0.05, 0.1) is 0 Å². The molecule has 0 heterocycles. The summed E-state index contributed by atoms with van der Waals surface area (Å²) in [6.45, 7) is 0. The first kappa shape index (κ1) is 19.2. The average Bonchev–Trinajstić information content (AvgIpc) is 2.77. The molecule has 0 aliphatic rings. The third kappa shape index (κ3) is 3.16. The molecule has 0 aliphatic carbocycles. The fourth-order valence-corrected chi connectivity index (χ4v) is 11.0. The van der Waals surface area contributed by atoms with E-state index in [1.54, 1.807) is 0 Å². The second-order valence-corrected chi connectivity index (χ2v) is 12.7. The van der Waals surface area contributed by atoms with E-state index in [0.29, 0.717) is 0 Å². The van der Waals surface area contributed by atoms with Crippen LogP contribution >= 0.6 is 30.5 Å². The quantitative estimate of drug-likeness (QED) is 0.273. The predicted molar refractivity (Wildman–Crippen MR) is 126 cm³/mol. The average molecular weight is 423 g/mol. The SMILES string of the molecule is ClC(Cl)(c1ccccc1)[PH](c1ccccc1)(c1ccccc1)c1ccccc1. The molecule has 4 aromatic rings. The summed E-state index contributed by atoms with van der Waals surface area (Å²) < 4.78 is -1.10. The Hall–Kier alpha value is -2.11. The summed E-state index contributed by atoms with van der Waals surface area (Å²) in [5.41, 5.74) is 0.918. The number of hydrogen-bond acceptors (Lipinski definition) is 0. The minimum absolute atomic E-state index is 0.918. The van der Waals surface area contributed by atoms with Crippen LogP contribution in [-0.2, 0) is 4.07 Å². The van der Waals surface area contributed by atoms with Crippen LogP contribution < -0.4 is 15.9 Å². The van der Waals surface area contributed by atoms with Crippen LogP contribution in [0.25, 0.3) is 0 Å². The Kier molecular flexibility index (Phi) is 5.56. The molecule has 0 saturated carbocycles. The molecule has 28 heavy (non-hydrogen) atoms. The fraction of sp³-hybridized carbons (Fsp3) is 0.0400. The van der Waals surface area contributed by atoms with Crippen molar-refractivity contribution in [2.24, 2.45) is 0 Å². The van der Waals surface area contributed by atoms with Crippen molar-refractivity contribution < 1.29 is 0 Å². The Balaban J connectivity index is 2.14. The van der Waals surface area contributed by atoms with E-state index in [1.807, 2.05) is 48.5 Å². The molecule has 0 amide bonds. The van der Waals surface area contributed by atoms with Gasteiger partial charge >= 0.3 is 177 Å². The third-order valence-corrected chi connectivity index (χ3v) is 12.2. The zero-order valence-corrected chi connectivity index (χ0v) is 17.8. The number of alkyl halides is 2. The van der Waals surface area contributed by atoms with E-state index in [2.05, 4.69) is 72.8 Å². The Morgan fingerprint density at radius 1 is 0.429 bits per heavy atom. The van der Waals surface area contributed by atoms with Crippen LogP contribution in [0.5, 0.6) is 0 Å². The van der Waals surface area contributed by atoms with E-state index >= 15 is 0 Å². The van der Waals surface area contributed by atoms with Crippen LogP contribution in [0.4, 0.5) is 0 Å². The number of hydrogen-bond donors (Lipinski definition) is 0. The van der Waals surface area contributed by atoms with Gasteiger partial charge in [0, 0.05) is 0 Å². The first-order valence-corrected chi connectivity index (χ1v) is 12.0. The first-order valence-electron chi connectivity index (χ1n) is 9.27. The van der Waals surface area contributed by atoms with E-state index in [-0.39, 0.29) is 0 Å². The molecule has 4 aromatic carbocycles. The Bertz CT molecular complexity index is 920. The third-order valence-electron chi connectivity index (χ3n) is 5.23. The summed E-state index contributed by atoms with van der Waals surface area (Å²) in [6.07, 6.45) is 0. The maximum absolute atomic E-state index is 7.42. The molecule has 0 radical (unpaired) electrons. The number of benzene rings is 4. The Labute approximate surface area is 177 Å². The van der Waals surface area contributed by atoms with Crippen molar-refractivity contribution in [3.8, 4) is 0 Å². The summed E-state index contributed by atoms with van der Waals surface area (Å²) in [7, 11) is -2.86. The van der Waals surface area contributed by atoms with E-state index in [4.69, 9.17) is 23.2 Å². The van der Waals surface area contributed by atoms with Crippen LogP contribution in [0.15, 0.2) is 121 Å². The second kappa shape index (κ2) is 8.10. The molecule has 0 unspecified atom stereocenters. The molecule has 0 spiro atoms. The van der Waals surface area contributed by atoms with Crippen molar-refractivity contribution >= 4 is 46.4 Å². The Morgan fingerprint density at radius 2 is 0.714 bits per heavy atom.